The molecule has 6 heteroatoms. The minimum Gasteiger partial charge on any atom is -0.376 e. The molecule has 124 valence electrons. The molecular formula is C14H36N4OS. The van der Waals surface area contributed by atoms with Gasteiger partial charge in [0, 0.05) is 11.1 Å². The molecule has 0 heterocycles. The fourth-order valence-corrected chi connectivity index (χ4v) is 1.05. The Bertz CT molecular complexity index is 217. The molecule has 0 aliphatic heterocycles. The number of thiocarbonyl (C=S) groups is 1. The Kier molecular flexibility index (Phi) is 19.6. The van der Waals surface area contributed by atoms with Gasteiger partial charge in [-0.15, -0.1) is 0 Å². The van der Waals surface area contributed by atoms with Gasteiger partial charge in [0.1, 0.15) is 0 Å². The molecule has 6 N–H and O–H groups in total. The molecule has 20 heavy (non-hydrogen) atoms. The second-order valence-electron chi connectivity index (χ2n) is 5.48. The molecule has 0 spiro atoms. The fraction of sp³-hybridized carbons (Fsp3) is 0.857. The van der Waals surface area contributed by atoms with Crippen LogP contribution < -0.4 is 22.1 Å². The van der Waals surface area contributed by atoms with E-state index in [1.807, 2.05) is 69.2 Å². The van der Waals surface area contributed by atoms with Crippen molar-refractivity contribution in [1.29, 1.82) is 0 Å². The van der Waals surface area contributed by atoms with Crippen molar-refractivity contribution in [2.75, 3.05) is 0 Å². The molecule has 0 rings (SSSR count). The second-order valence-corrected chi connectivity index (χ2v) is 5.92. The van der Waals surface area contributed by atoms with Gasteiger partial charge in [-0.2, -0.15) is 0 Å². The summed E-state index contributed by atoms with van der Waals surface area (Å²) in [5.74, 6) is 0. The molecule has 0 saturated carbocycles. The summed E-state index contributed by atoms with van der Waals surface area (Å²) in [7, 11) is 0. The van der Waals surface area contributed by atoms with E-state index >= 15 is 0 Å². The van der Waals surface area contributed by atoms with Crippen LogP contribution in [0, 0.1) is 0 Å². The highest BCUT2D eigenvalue weighted by molar-refractivity contribution is 7.80. The standard InChI is InChI=1S/C5H12N2O.C5H12N2S.2C2H6/c2*1-5(2,3)7-4(6)8;2*1-2/h2*1-3H3,(H3,6,7,8);2*1-2H3. The lowest BCUT2D eigenvalue weighted by molar-refractivity contribution is 0.240. The van der Waals surface area contributed by atoms with E-state index in [1.165, 1.54) is 0 Å². The van der Waals surface area contributed by atoms with Gasteiger partial charge in [0.15, 0.2) is 5.11 Å². The topological polar surface area (TPSA) is 93.2 Å². The van der Waals surface area contributed by atoms with Crippen LogP contribution in [0.2, 0.25) is 0 Å². The molecular weight excluding hydrogens is 272 g/mol. The van der Waals surface area contributed by atoms with Crippen molar-refractivity contribution in [2.45, 2.75) is 80.3 Å². The molecule has 0 aliphatic rings. The van der Waals surface area contributed by atoms with Crippen LogP contribution in [-0.4, -0.2) is 22.2 Å². The minimum absolute atomic E-state index is 0.00579. The first-order valence-electron chi connectivity index (χ1n) is 6.99. The van der Waals surface area contributed by atoms with Gasteiger partial charge in [-0.25, -0.2) is 4.79 Å². The number of nitrogens with one attached hydrogen (secondary N) is 2. The Morgan fingerprint density at radius 2 is 1.05 bits per heavy atom. The van der Waals surface area contributed by atoms with Crippen molar-refractivity contribution in [3.63, 3.8) is 0 Å². The zero-order valence-corrected chi connectivity index (χ0v) is 15.8. The maximum absolute atomic E-state index is 10.1. The summed E-state index contributed by atoms with van der Waals surface area (Å²) in [6.07, 6.45) is 0. The van der Waals surface area contributed by atoms with Gasteiger partial charge in [-0.05, 0) is 53.8 Å². The van der Waals surface area contributed by atoms with Crippen LogP contribution in [0.4, 0.5) is 4.79 Å². The fourth-order valence-electron chi connectivity index (χ4n) is 0.739. The third kappa shape index (κ3) is 53.8. The van der Waals surface area contributed by atoms with Crippen LogP contribution in [-0.2, 0) is 0 Å². The highest BCUT2D eigenvalue weighted by Crippen LogP contribution is 1.96. The number of primary amides is 1. The summed E-state index contributed by atoms with van der Waals surface area (Å²) in [6.45, 7) is 19.6. The number of rotatable bonds is 0. The maximum Gasteiger partial charge on any atom is 0.312 e. The average molecular weight is 309 g/mol. The number of amides is 2. The minimum atomic E-state index is -0.475. The Morgan fingerprint density at radius 1 is 0.800 bits per heavy atom. The summed E-state index contributed by atoms with van der Waals surface area (Å²) in [6, 6.07) is -0.475. The number of carbonyl (C=O) groups is 1. The van der Waals surface area contributed by atoms with Crippen LogP contribution in [0.25, 0.3) is 0 Å². The van der Waals surface area contributed by atoms with Crippen LogP contribution in [0.1, 0.15) is 69.2 Å². The van der Waals surface area contributed by atoms with Crippen LogP contribution in [0.15, 0.2) is 0 Å². The zero-order chi connectivity index (χ0) is 17.6. The molecule has 0 saturated heterocycles. The lowest BCUT2D eigenvalue weighted by atomic mass is 10.1. The van der Waals surface area contributed by atoms with Crippen molar-refractivity contribution >= 4 is 23.4 Å². The van der Waals surface area contributed by atoms with Gasteiger partial charge < -0.3 is 22.1 Å². The van der Waals surface area contributed by atoms with E-state index in [0.29, 0.717) is 5.11 Å². The lowest BCUT2D eigenvalue weighted by Gasteiger charge is -2.19. The highest BCUT2D eigenvalue weighted by atomic mass is 32.1. The molecule has 0 aromatic carbocycles. The molecule has 0 aliphatic carbocycles. The predicted molar refractivity (Wildman–Crippen MR) is 94.8 cm³/mol. The zero-order valence-electron chi connectivity index (χ0n) is 15.0. The van der Waals surface area contributed by atoms with Gasteiger partial charge in [0.2, 0.25) is 0 Å². The molecule has 0 aromatic heterocycles. The monoisotopic (exact) mass is 308 g/mol. The normalized spacial score (nSPS) is 9.30. The molecule has 0 unspecified atom stereocenters. The van der Waals surface area contributed by atoms with E-state index in [-0.39, 0.29) is 11.1 Å². The average Bonchev–Trinajstić information content (AvgIpc) is 2.16. The highest BCUT2D eigenvalue weighted by Gasteiger charge is 2.09. The van der Waals surface area contributed by atoms with Gasteiger partial charge >= 0.3 is 6.03 Å². The van der Waals surface area contributed by atoms with Crippen LogP contribution >= 0.6 is 12.2 Å². The molecule has 5 nitrogen and oxygen atoms in total. The van der Waals surface area contributed by atoms with E-state index in [4.69, 9.17) is 11.5 Å². The van der Waals surface area contributed by atoms with Crippen LogP contribution in [0.3, 0.4) is 0 Å². The Balaban J connectivity index is -0.000000102. The summed E-state index contributed by atoms with van der Waals surface area (Å²) >= 11 is 4.61. The van der Waals surface area contributed by atoms with Gasteiger partial charge in [-0.1, -0.05) is 27.7 Å². The summed E-state index contributed by atoms with van der Waals surface area (Å²) < 4.78 is 0. The summed E-state index contributed by atoms with van der Waals surface area (Å²) in [5.41, 5.74) is 9.83. The van der Waals surface area contributed by atoms with E-state index in [1.54, 1.807) is 0 Å². The number of urea groups is 1. The van der Waals surface area contributed by atoms with Gasteiger partial charge in [-0.3, -0.25) is 0 Å². The van der Waals surface area contributed by atoms with E-state index in [0.717, 1.165) is 0 Å². The van der Waals surface area contributed by atoms with Crippen molar-refractivity contribution in [3.05, 3.63) is 0 Å². The van der Waals surface area contributed by atoms with Gasteiger partial charge in [0.25, 0.3) is 0 Å². The quantitative estimate of drug-likeness (QED) is 0.517. The summed E-state index contributed by atoms with van der Waals surface area (Å²) in [5, 5.41) is 5.77. The SMILES string of the molecule is CC.CC.CC(C)(C)NC(N)=O.CC(C)(C)NC(N)=S. The summed E-state index contributed by atoms with van der Waals surface area (Å²) in [4.78, 5) is 10.1. The number of carbonyl (C=O) groups excluding carboxylic acids is 1. The van der Waals surface area contributed by atoms with E-state index < -0.39 is 6.03 Å². The predicted octanol–water partition coefficient (Wildman–Crippen LogP) is 3.12. The van der Waals surface area contributed by atoms with Crippen molar-refractivity contribution in [3.8, 4) is 0 Å². The molecule has 2 amide bonds. The van der Waals surface area contributed by atoms with Crippen molar-refractivity contribution in [1.82, 2.24) is 10.6 Å². The smallest absolute Gasteiger partial charge is 0.312 e. The molecule has 0 aromatic rings. The number of nitrogens with two attached hydrogens (primary N) is 2. The Labute approximate surface area is 131 Å². The third-order valence-corrected chi connectivity index (χ3v) is 1.10. The molecule has 0 fully saturated rings. The first kappa shape index (κ1) is 27.3. The molecule has 0 radical (unpaired) electrons. The Morgan fingerprint density at radius 3 is 1.05 bits per heavy atom. The third-order valence-electron chi connectivity index (χ3n) is 0.996. The molecule has 0 bridgehead atoms. The van der Waals surface area contributed by atoms with Crippen LogP contribution in [0.5, 0.6) is 0 Å². The maximum atomic E-state index is 10.1. The van der Waals surface area contributed by atoms with E-state index in [9.17, 15) is 4.79 Å². The number of hydrogen-bond acceptors (Lipinski definition) is 2. The van der Waals surface area contributed by atoms with Gasteiger partial charge in [0.05, 0.1) is 0 Å². The first-order chi connectivity index (χ1) is 8.83. The Hall–Kier alpha value is -1.04. The van der Waals surface area contributed by atoms with Crippen molar-refractivity contribution < 1.29 is 4.79 Å². The van der Waals surface area contributed by atoms with Crippen molar-refractivity contribution in [2.24, 2.45) is 11.5 Å². The largest absolute Gasteiger partial charge is 0.376 e. The second kappa shape index (κ2) is 14.4. The lowest BCUT2D eigenvalue weighted by Crippen LogP contribution is -2.43. The van der Waals surface area contributed by atoms with E-state index in [2.05, 4.69) is 22.9 Å². The number of hydrogen-bond donors (Lipinski definition) is 4. The first-order valence-corrected chi connectivity index (χ1v) is 7.39. The molecule has 0 atom stereocenters.